The van der Waals surface area contributed by atoms with Crippen molar-refractivity contribution in [2.75, 3.05) is 7.11 Å². The predicted molar refractivity (Wildman–Crippen MR) is 108 cm³/mol. The van der Waals surface area contributed by atoms with Gasteiger partial charge in [-0.3, -0.25) is 10.1 Å². The molecular formula is C18H19N3O3SSi. The summed E-state index contributed by atoms with van der Waals surface area (Å²) in [4.78, 5) is 23.1. The van der Waals surface area contributed by atoms with E-state index in [1.807, 2.05) is 24.3 Å². The van der Waals surface area contributed by atoms with E-state index >= 15 is 0 Å². The van der Waals surface area contributed by atoms with E-state index in [-0.39, 0.29) is 4.91 Å². The average molecular weight is 386 g/mol. The van der Waals surface area contributed by atoms with Crippen LogP contribution in [0.5, 0.6) is 0 Å². The Morgan fingerprint density at radius 2 is 1.96 bits per heavy atom. The summed E-state index contributed by atoms with van der Waals surface area (Å²) in [5.41, 5.74) is 5.15. The fraction of sp³-hybridized carbons (Fsp3) is 0.222. The maximum absolute atomic E-state index is 11.7. The third-order valence-corrected chi connectivity index (χ3v) is 4.72. The maximum atomic E-state index is 11.7. The molecule has 6 nitrogen and oxygen atoms in total. The minimum atomic E-state index is -1.39. The lowest BCUT2D eigenvalue weighted by Gasteiger charge is -2.03. The second-order valence-electron chi connectivity index (χ2n) is 6.36. The first kappa shape index (κ1) is 19.7. The number of methoxy groups -OCH3 is 1. The number of nitrogens with zero attached hydrogens (tertiary/aromatic N) is 2. The molecule has 0 spiro atoms. The van der Waals surface area contributed by atoms with Crippen LogP contribution in [0, 0.1) is 11.5 Å². The van der Waals surface area contributed by atoms with Gasteiger partial charge in [-0.15, -0.1) is 10.6 Å². The summed E-state index contributed by atoms with van der Waals surface area (Å²) in [5, 5.41) is 10.7. The quantitative estimate of drug-likeness (QED) is 0.217. The van der Waals surface area contributed by atoms with E-state index in [1.165, 1.54) is 7.11 Å². The molecule has 1 aliphatic heterocycles. The Bertz CT molecular complexity index is 856. The van der Waals surface area contributed by atoms with Gasteiger partial charge in [0.15, 0.2) is 5.17 Å². The average Bonchev–Trinajstić information content (AvgIpc) is 2.93. The van der Waals surface area contributed by atoms with E-state index in [0.717, 1.165) is 29.0 Å². The highest BCUT2D eigenvalue weighted by Crippen LogP contribution is 2.23. The summed E-state index contributed by atoms with van der Waals surface area (Å²) in [5.74, 6) is 2.19. The van der Waals surface area contributed by atoms with Gasteiger partial charge in [0.2, 0.25) is 0 Å². The van der Waals surface area contributed by atoms with E-state index < -0.39 is 20.0 Å². The molecule has 1 amide bonds. The number of rotatable bonds is 3. The SMILES string of the molecule is COC(=O)/C=C1/S/C(=N\N=Cc2ccc(C#C[Si](C)(C)C)cc2)NC1=O. The number of esters is 1. The molecule has 0 aliphatic carbocycles. The van der Waals surface area contributed by atoms with Crippen molar-refractivity contribution in [1.82, 2.24) is 5.32 Å². The number of amidine groups is 1. The van der Waals surface area contributed by atoms with Gasteiger partial charge in [-0.2, -0.15) is 5.10 Å². The Balaban J connectivity index is 2.01. The van der Waals surface area contributed by atoms with E-state index in [2.05, 4.69) is 51.4 Å². The van der Waals surface area contributed by atoms with Gasteiger partial charge in [0, 0.05) is 11.6 Å². The van der Waals surface area contributed by atoms with Gasteiger partial charge in [0.1, 0.15) is 8.07 Å². The lowest BCUT2D eigenvalue weighted by atomic mass is 10.1. The minimum Gasteiger partial charge on any atom is -0.466 e. The largest absolute Gasteiger partial charge is 0.466 e. The van der Waals surface area contributed by atoms with Crippen molar-refractivity contribution < 1.29 is 14.3 Å². The monoisotopic (exact) mass is 385 g/mol. The molecule has 1 N–H and O–H groups in total. The van der Waals surface area contributed by atoms with Crippen LogP contribution in [0.2, 0.25) is 19.6 Å². The Labute approximate surface area is 157 Å². The Morgan fingerprint density at radius 3 is 2.58 bits per heavy atom. The Kier molecular flexibility index (Phi) is 6.55. The van der Waals surface area contributed by atoms with Crippen molar-refractivity contribution in [2.45, 2.75) is 19.6 Å². The summed E-state index contributed by atoms with van der Waals surface area (Å²) < 4.78 is 4.49. The molecule has 0 aromatic heterocycles. The third kappa shape index (κ3) is 6.35. The van der Waals surface area contributed by atoms with Crippen LogP contribution in [-0.4, -0.2) is 38.4 Å². The van der Waals surface area contributed by atoms with Crippen molar-refractivity contribution in [1.29, 1.82) is 0 Å². The lowest BCUT2D eigenvalue weighted by Crippen LogP contribution is -2.19. The standard InChI is InChI=1S/C18H19N3O3SSi/c1-24-16(22)11-15-17(23)20-18(25-15)21-19-12-14-7-5-13(6-8-14)9-10-26(2,3)4/h5-8,11-12H,1-4H3,(H,20,21,23)/b15-11+,19-12?. The summed E-state index contributed by atoms with van der Waals surface area (Å²) in [6.45, 7) is 6.60. The van der Waals surface area contributed by atoms with Crippen molar-refractivity contribution in [2.24, 2.45) is 10.2 Å². The van der Waals surface area contributed by atoms with Gasteiger partial charge < -0.3 is 4.74 Å². The molecule has 1 heterocycles. The van der Waals surface area contributed by atoms with Crippen molar-refractivity contribution in [3.63, 3.8) is 0 Å². The molecule has 1 aromatic carbocycles. The summed E-state index contributed by atoms with van der Waals surface area (Å²) in [6.07, 6.45) is 2.70. The zero-order valence-corrected chi connectivity index (χ0v) is 16.8. The Hall–Kier alpha value is -2.63. The number of ether oxygens (including phenoxy) is 1. The molecule has 0 unspecified atom stereocenters. The van der Waals surface area contributed by atoms with E-state index in [1.54, 1.807) is 6.21 Å². The van der Waals surface area contributed by atoms with Gasteiger partial charge in [0.25, 0.3) is 5.91 Å². The highest BCUT2D eigenvalue weighted by atomic mass is 32.2. The van der Waals surface area contributed by atoms with Crippen LogP contribution in [0.1, 0.15) is 11.1 Å². The number of nitrogens with one attached hydrogen (secondary N) is 1. The molecule has 0 saturated carbocycles. The number of benzene rings is 1. The zero-order valence-electron chi connectivity index (χ0n) is 15.0. The third-order valence-electron chi connectivity index (χ3n) is 2.95. The van der Waals surface area contributed by atoms with Crippen LogP contribution in [0.4, 0.5) is 0 Å². The molecule has 0 atom stereocenters. The lowest BCUT2D eigenvalue weighted by molar-refractivity contribution is -0.135. The molecule has 1 aliphatic rings. The number of thioether (sulfide) groups is 1. The van der Waals surface area contributed by atoms with Gasteiger partial charge in [0.05, 0.1) is 18.2 Å². The Morgan fingerprint density at radius 1 is 1.27 bits per heavy atom. The first-order chi connectivity index (χ1) is 12.3. The van der Waals surface area contributed by atoms with Gasteiger partial charge in [-0.25, -0.2) is 4.79 Å². The fourth-order valence-electron chi connectivity index (χ4n) is 1.70. The topological polar surface area (TPSA) is 80.1 Å². The number of hydrogen-bond donors (Lipinski definition) is 1. The summed E-state index contributed by atoms with van der Waals surface area (Å²) in [7, 11) is -0.141. The summed E-state index contributed by atoms with van der Waals surface area (Å²) in [6, 6.07) is 7.68. The van der Waals surface area contributed by atoms with Crippen LogP contribution < -0.4 is 5.32 Å². The summed E-state index contributed by atoms with van der Waals surface area (Å²) >= 11 is 1.03. The molecule has 0 radical (unpaired) electrons. The molecule has 26 heavy (non-hydrogen) atoms. The van der Waals surface area contributed by atoms with Crippen LogP contribution >= 0.6 is 11.8 Å². The van der Waals surface area contributed by atoms with Gasteiger partial charge >= 0.3 is 5.97 Å². The van der Waals surface area contributed by atoms with Crippen LogP contribution in [0.25, 0.3) is 0 Å². The zero-order chi connectivity index (χ0) is 19.2. The van der Waals surface area contributed by atoms with Crippen molar-refractivity contribution in [3.05, 3.63) is 46.4 Å². The number of carbonyl (C=O) groups is 2. The maximum Gasteiger partial charge on any atom is 0.331 e. The highest BCUT2D eigenvalue weighted by Gasteiger charge is 2.24. The normalized spacial score (nSPS) is 17.3. The van der Waals surface area contributed by atoms with Crippen LogP contribution in [0.15, 0.2) is 45.4 Å². The second-order valence-corrected chi connectivity index (χ2v) is 12.1. The van der Waals surface area contributed by atoms with E-state index in [4.69, 9.17) is 0 Å². The molecular weight excluding hydrogens is 366 g/mol. The second kappa shape index (κ2) is 8.65. The molecule has 0 bridgehead atoms. The molecule has 2 rings (SSSR count). The van der Waals surface area contributed by atoms with Crippen LogP contribution in [-0.2, 0) is 14.3 Å². The number of amides is 1. The fourth-order valence-corrected chi connectivity index (χ4v) is 2.96. The molecule has 1 aromatic rings. The van der Waals surface area contributed by atoms with E-state index in [0.29, 0.717) is 5.17 Å². The van der Waals surface area contributed by atoms with Gasteiger partial charge in [-0.05, 0) is 29.5 Å². The molecule has 1 fully saturated rings. The highest BCUT2D eigenvalue weighted by molar-refractivity contribution is 8.18. The first-order valence-electron chi connectivity index (χ1n) is 7.80. The van der Waals surface area contributed by atoms with Crippen molar-refractivity contribution in [3.8, 4) is 11.5 Å². The number of carbonyl (C=O) groups excluding carboxylic acids is 2. The molecule has 1 saturated heterocycles. The first-order valence-corrected chi connectivity index (χ1v) is 12.1. The minimum absolute atomic E-state index is 0.219. The smallest absolute Gasteiger partial charge is 0.331 e. The predicted octanol–water partition coefficient (Wildman–Crippen LogP) is 2.53. The van der Waals surface area contributed by atoms with E-state index in [9.17, 15) is 9.59 Å². The van der Waals surface area contributed by atoms with Gasteiger partial charge in [-0.1, -0.05) is 37.7 Å². The molecule has 8 heteroatoms. The van der Waals surface area contributed by atoms with Crippen LogP contribution in [0.3, 0.4) is 0 Å². The molecule has 134 valence electrons. The number of hydrogen-bond acceptors (Lipinski definition) is 6. The van der Waals surface area contributed by atoms with Crippen molar-refractivity contribution >= 4 is 43.1 Å².